The molecule has 2 aromatic rings. The van der Waals surface area contributed by atoms with Gasteiger partial charge in [-0.05, 0) is 60.7 Å². The first kappa shape index (κ1) is 20.3. The van der Waals surface area contributed by atoms with Crippen molar-refractivity contribution in [2.45, 2.75) is 6.92 Å². The first-order valence-electron chi connectivity index (χ1n) is 8.40. The number of rotatable bonds is 6. The maximum atomic E-state index is 12.7. The third-order valence-corrected chi connectivity index (χ3v) is 5.62. The van der Waals surface area contributed by atoms with Gasteiger partial charge in [-0.2, -0.15) is 0 Å². The molecule has 2 amide bonds. The predicted molar refractivity (Wildman–Crippen MR) is 115 cm³/mol. The predicted octanol–water partition coefficient (Wildman–Crippen LogP) is 4.88. The van der Waals surface area contributed by atoms with E-state index in [0.717, 1.165) is 27.5 Å². The first-order chi connectivity index (χ1) is 13.4. The quantitative estimate of drug-likeness (QED) is 0.616. The van der Waals surface area contributed by atoms with Crippen LogP contribution in [0.1, 0.15) is 11.1 Å². The van der Waals surface area contributed by atoms with Crippen molar-refractivity contribution in [3.05, 3.63) is 56.9 Å². The zero-order valence-corrected chi connectivity index (χ0v) is 18.0. The van der Waals surface area contributed by atoms with E-state index in [1.54, 1.807) is 38.5 Å². The highest BCUT2D eigenvalue weighted by atomic mass is 79.9. The van der Waals surface area contributed by atoms with E-state index in [2.05, 4.69) is 21.2 Å². The molecule has 2 aromatic carbocycles. The zero-order valence-electron chi connectivity index (χ0n) is 15.6. The van der Waals surface area contributed by atoms with E-state index in [1.807, 2.05) is 25.1 Å². The number of carbonyl (C=O) groups is 2. The molecule has 1 fully saturated rings. The second kappa shape index (κ2) is 8.70. The fourth-order valence-corrected chi connectivity index (χ4v) is 4.01. The Balaban J connectivity index is 1.77. The molecule has 1 saturated heterocycles. The summed E-state index contributed by atoms with van der Waals surface area (Å²) < 4.78 is 11.5. The fourth-order valence-electron chi connectivity index (χ4n) is 2.70. The van der Waals surface area contributed by atoms with E-state index in [4.69, 9.17) is 9.47 Å². The molecule has 0 unspecified atom stereocenters. The number of benzene rings is 2. The Bertz CT molecular complexity index is 961. The summed E-state index contributed by atoms with van der Waals surface area (Å²) in [6.45, 7) is 2.06. The summed E-state index contributed by atoms with van der Waals surface area (Å²) in [6.07, 6.45) is 1.66. The van der Waals surface area contributed by atoms with Crippen LogP contribution in [0.4, 0.5) is 10.5 Å². The van der Waals surface area contributed by atoms with Gasteiger partial charge in [0.05, 0.1) is 25.8 Å². The molecule has 0 radical (unpaired) electrons. The SMILES string of the molecule is COc1ccc(C=C2SC(=O)N(CNc3ccc(Br)cc3C)C2=O)c(OC)c1. The molecule has 0 saturated carbocycles. The van der Waals surface area contributed by atoms with Gasteiger partial charge in [0, 0.05) is 21.8 Å². The van der Waals surface area contributed by atoms with E-state index in [0.29, 0.717) is 22.0 Å². The summed E-state index contributed by atoms with van der Waals surface area (Å²) >= 11 is 4.33. The Morgan fingerprint density at radius 2 is 1.93 bits per heavy atom. The van der Waals surface area contributed by atoms with Crippen molar-refractivity contribution in [2.75, 3.05) is 26.2 Å². The smallest absolute Gasteiger partial charge is 0.295 e. The van der Waals surface area contributed by atoms with Crippen molar-refractivity contribution < 1.29 is 19.1 Å². The number of imide groups is 1. The van der Waals surface area contributed by atoms with Gasteiger partial charge in [0.15, 0.2) is 0 Å². The molecular weight excluding hydrogens is 444 g/mol. The normalized spacial score (nSPS) is 15.3. The fraction of sp³-hybridized carbons (Fsp3) is 0.200. The van der Waals surface area contributed by atoms with E-state index in [-0.39, 0.29) is 17.8 Å². The van der Waals surface area contributed by atoms with Crippen LogP contribution in [0.15, 0.2) is 45.8 Å². The Hall–Kier alpha value is -2.45. The van der Waals surface area contributed by atoms with Gasteiger partial charge in [-0.1, -0.05) is 15.9 Å². The number of thioether (sulfide) groups is 1. The Morgan fingerprint density at radius 3 is 2.61 bits per heavy atom. The molecule has 3 rings (SSSR count). The molecule has 28 heavy (non-hydrogen) atoms. The number of ether oxygens (including phenoxy) is 2. The van der Waals surface area contributed by atoms with Gasteiger partial charge >= 0.3 is 0 Å². The largest absolute Gasteiger partial charge is 0.497 e. The maximum absolute atomic E-state index is 12.7. The Labute approximate surface area is 176 Å². The number of nitrogens with zero attached hydrogens (tertiary/aromatic N) is 1. The zero-order chi connectivity index (χ0) is 20.3. The highest BCUT2D eigenvalue weighted by Crippen LogP contribution is 2.35. The van der Waals surface area contributed by atoms with Crippen LogP contribution in [-0.4, -0.2) is 36.9 Å². The number of hydrogen-bond acceptors (Lipinski definition) is 6. The third-order valence-electron chi connectivity index (χ3n) is 4.22. The van der Waals surface area contributed by atoms with Crippen LogP contribution in [0.2, 0.25) is 0 Å². The number of anilines is 1. The van der Waals surface area contributed by atoms with Crippen molar-refractivity contribution in [3.63, 3.8) is 0 Å². The van der Waals surface area contributed by atoms with Crippen molar-refractivity contribution >= 4 is 50.6 Å². The molecule has 0 bridgehead atoms. The second-order valence-electron chi connectivity index (χ2n) is 6.01. The minimum atomic E-state index is -0.338. The van der Waals surface area contributed by atoms with E-state index < -0.39 is 0 Å². The van der Waals surface area contributed by atoms with E-state index in [9.17, 15) is 9.59 Å². The highest BCUT2D eigenvalue weighted by molar-refractivity contribution is 9.10. The summed E-state index contributed by atoms with van der Waals surface area (Å²) in [5, 5.41) is 2.83. The van der Waals surface area contributed by atoms with Crippen LogP contribution in [0, 0.1) is 6.92 Å². The Morgan fingerprint density at radius 1 is 1.14 bits per heavy atom. The maximum Gasteiger partial charge on any atom is 0.295 e. The van der Waals surface area contributed by atoms with Gasteiger partial charge < -0.3 is 14.8 Å². The lowest BCUT2D eigenvalue weighted by Gasteiger charge is -2.16. The highest BCUT2D eigenvalue weighted by Gasteiger charge is 2.35. The number of aryl methyl sites for hydroxylation is 1. The van der Waals surface area contributed by atoms with E-state index >= 15 is 0 Å². The number of halogens is 1. The standard InChI is InChI=1S/C20H19BrN2O4S/c1-12-8-14(21)5-7-16(12)22-11-23-19(24)18(28-20(23)25)9-13-4-6-15(26-2)10-17(13)27-3/h4-10,22H,11H2,1-3H3. The lowest BCUT2D eigenvalue weighted by atomic mass is 10.1. The molecule has 0 aliphatic carbocycles. The van der Waals surface area contributed by atoms with Crippen molar-refractivity contribution in [2.24, 2.45) is 0 Å². The average molecular weight is 463 g/mol. The lowest BCUT2D eigenvalue weighted by Crippen LogP contribution is -2.33. The van der Waals surface area contributed by atoms with Crippen LogP contribution in [-0.2, 0) is 4.79 Å². The summed E-state index contributed by atoms with van der Waals surface area (Å²) in [4.78, 5) is 26.6. The van der Waals surface area contributed by atoms with Crippen molar-refractivity contribution in [1.82, 2.24) is 4.90 Å². The molecule has 1 heterocycles. The van der Waals surface area contributed by atoms with Crippen LogP contribution in [0.25, 0.3) is 6.08 Å². The van der Waals surface area contributed by atoms with Crippen LogP contribution < -0.4 is 14.8 Å². The number of carbonyl (C=O) groups excluding carboxylic acids is 2. The van der Waals surface area contributed by atoms with Crippen molar-refractivity contribution in [3.8, 4) is 11.5 Å². The molecule has 1 aliphatic rings. The first-order valence-corrected chi connectivity index (χ1v) is 10.0. The molecular formula is C20H19BrN2O4S. The Kier molecular flexibility index (Phi) is 6.31. The number of hydrogen-bond donors (Lipinski definition) is 1. The van der Waals surface area contributed by atoms with Crippen LogP contribution in [0.3, 0.4) is 0 Å². The summed E-state index contributed by atoms with van der Waals surface area (Å²) in [5.74, 6) is 0.876. The molecule has 6 nitrogen and oxygen atoms in total. The lowest BCUT2D eigenvalue weighted by molar-refractivity contribution is -0.122. The van der Waals surface area contributed by atoms with Gasteiger partial charge in [-0.25, -0.2) is 0 Å². The molecule has 1 aliphatic heterocycles. The molecule has 1 N–H and O–H groups in total. The summed E-state index contributed by atoms with van der Waals surface area (Å²) in [5.41, 5.74) is 2.58. The second-order valence-corrected chi connectivity index (χ2v) is 7.92. The van der Waals surface area contributed by atoms with Crippen LogP contribution in [0.5, 0.6) is 11.5 Å². The summed E-state index contributed by atoms with van der Waals surface area (Å²) in [6, 6.07) is 11.1. The molecule has 146 valence electrons. The van der Waals surface area contributed by atoms with Gasteiger partial charge in [0.25, 0.3) is 11.1 Å². The average Bonchev–Trinajstić information content (AvgIpc) is 2.94. The van der Waals surface area contributed by atoms with Crippen molar-refractivity contribution in [1.29, 1.82) is 0 Å². The topological polar surface area (TPSA) is 67.9 Å². The minimum Gasteiger partial charge on any atom is -0.497 e. The monoisotopic (exact) mass is 462 g/mol. The van der Waals surface area contributed by atoms with Gasteiger partial charge in [0.2, 0.25) is 0 Å². The van der Waals surface area contributed by atoms with Gasteiger partial charge in [-0.3, -0.25) is 14.5 Å². The van der Waals surface area contributed by atoms with E-state index in [1.165, 1.54) is 4.90 Å². The molecule has 0 aromatic heterocycles. The van der Waals surface area contributed by atoms with Gasteiger partial charge in [0.1, 0.15) is 11.5 Å². The molecule has 0 spiro atoms. The van der Waals surface area contributed by atoms with Gasteiger partial charge in [-0.15, -0.1) is 0 Å². The minimum absolute atomic E-state index is 0.101. The number of methoxy groups -OCH3 is 2. The number of amides is 2. The number of nitrogens with one attached hydrogen (secondary N) is 1. The molecule has 8 heteroatoms. The summed E-state index contributed by atoms with van der Waals surface area (Å²) in [7, 11) is 3.11. The van der Waals surface area contributed by atoms with Crippen LogP contribution >= 0.6 is 27.7 Å². The molecule has 0 atom stereocenters. The third kappa shape index (κ3) is 4.34.